The number of ether oxygens (including phenoxy) is 1. The van der Waals surface area contributed by atoms with Crippen LogP contribution in [0.3, 0.4) is 0 Å². The molecule has 2 aliphatic heterocycles. The molecule has 3 aliphatic carbocycles. The second-order valence-corrected chi connectivity index (χ2v) is 9.24. The van der Waals surface area contributed by atoms with Gasteiger partial charge in [-0.25, -0.2) is 0 Å². The van der Waals surface area contributed by atoms with Crippen molar-refractivity contribution in [2.45, 2.75) is 69.4 Å². The van der Waals surface area contributed by atoms with E-state index in [1.807, 2.05) is 6.07 Å². The van der Waals surface area contributed by atoms with Gasteiger partial charge in [0.15, 0.2) is 11.5 Å². The summed E-state index contributed by atoms with van der Waals surface area (Å²) in [5.74, 6) is 2.15. The number of hydrogen-bond donors (Lipinski definition) is 1. The van der Waals surface area contributed by atoms with Gasteiger partial charge in [-0.1, -0.05) is 13.0 Å². The van der Waals surface area contributed by atoms with E-state index in [1.165, 1.54) is 56.3 Å². The fourth-order valence-corrected chi connectivity index (χ4v) is 6.96. The highest BCUT2D eigenvalue weighted by molar-refractivity contribution is 5.61. The Balaban J connectivity index is 1.56. The highest BCUT2D eigenvalue weighted by atomic mass is 16.5. The van der Waals surface area contributed by atoms with Gasteiger partial charge in [-0.3, -0.25) is 4.90 Å². The number of likely N-dealkylation sites (tertiary alicyclic amines) is 1. The lowest BCUT2D eigenvalue weighted by Gasteiger charge is -2.64. The predicted octanol–water partition coefficient (Wildman–Crippen LogP) is 3.62. The lowest BCUT2D eigenvalue weighted by molar-refractivity contribution is -0.115. The van der Waals surface area contributed by atoms with Crippen LogP contribution in [0.2, 0.25) is 0 Å². The van der Waals surface area contributed by atoms with Crippen LogP contribution < -0.4 is 4.74 Å². The third kappa shape index (κ3) is 1.45. The van der Waals surface area contributed by atoms with Crippen molar-refractivity contribution in [2.24, 2.45) is 11.3 Å². The number of phenols is 1. The van der Waals surface area contributed by atoms with Crippen LogP contribution in [0, 0.1) is 11.3 Å². The molecule has 6 rings (SSSR count). The molecule has 4 atom stereocenters. The monoisotopic (exact) mass is 325 g/mol. The lowest BCUT2D eigenvalue weighted by Crippen LogP contribution is -2.70. The second-order valence-electron chi connectivity index (χ2n) is 9.24. The first-order valence-corrected chi connectivity index (χ1v) is 9.89. The molecular weight excluding hydrogens is 298 g/mol. The fraction of sp³-hybridized carbons (Fsp3) is 0.714. The second kappa shape index (κ2) is 4.30. The first-order valence-electron chi connectivity index (χ1n) is 9.89. The van der Waals surface area contributed by atoms with Crippen LogP contribution in [0.1, 0.15) is 56.6 Å². The number of piperidine rings is 1. The van der Waals surface area contributed by atoms with Crippen molar-refractivity contribution < 1.29 is 9.84 Å². The summed E-state index contributed by atoms with van der Waals surface area (Å²) in [7, 11) is 0. The maximum Gasteiger partial charge on any atom is 0.165 e. The van der Waals surface area contributed by atoms with Crippen molar-refractivity contribution in [3.63, 3.8) is 0 Å². The molecule has 24 heavy (non-hydrogen) atoms. The summed E-state index contributed by atoms with van der Waals surface area (Å²) >= 11 is 0. The molecule has 2 heterocycles. The number of hydrogen-bond acceptors (Lipinski definition) is 3. The highest BCUT2D eigenvalue weighted by Gasteiger charge is 2.69. The van der Waals surface area contributed by atoms with E-state index < -0.39 is 0 Å². The zero-order chi connectivity index (χ0) is 16.1. The number of rotatable bonds is 2. The third-order valence-corrected chi connectivity index (χ3v) is 8.23. The predicted molar refractivity (Wildman–Crippen MR) is 92.6 cm³/mol. The first kappa shape index (κ1) is 14.0. The van der Waals surface area contributed by atoms with Gasteiger partial charge in [0.05, 0.1) is 0 Å². The summed E-state index contributed by atoms with van der Waals surface area (Å²) in [6.07, 6.45) is 9.23. The standard InChI is InChI=1S/C21H27NO2/c1-20-8-2-3-17-21(20)9-10-22(12-13-4-5-13)16(20)11-14-6-7-15(23)19(24-17)18(14)21/h6-7,13,16-17,23H,2-5,8-12H2,1H3/t16?,17-,20-,21+/m0/s1. The molecule has 1 unspecified atom stereocenters. The van der Waals surface area contributed by atoms with Crippen molar-refractivity contribution in [1.29, 1.82) is 0 Å². The smallest absolute Gasteiger partial charge is 0.165 e. The summed E-state index contributed by atoms with van der Waals surface area (Å²) < 4.78 is 6.43. The van der Waals surface area contributed by atoms with Crippen LogP contribution >= 0.6 is 0 Å². The zero-order valence-corrected chi connectivity index (χ0v) is 14.6. The minimum absolute atomic E-state index is 0.150. The highest BCUT2D eigenvalue weighted by Crippen LogP contribution is 2.69. The Morgan fingerprint density at radius 3 is 2.96 bits per heavy atom. The Labute approximate surface area is 144 Å². The van der Waals surface area contributed by atoms with Gasteiger partial charge in [-0.15, -0.1) is 0 Å². The quantitative estimate of drug-likeness (QED) is 0.901. The van der Waals surface area contributed by atoms with E-state index in [-0.39, 0.29) is 11.5 Å². The molecule has 0 aromatic heterocycles. The van der Waals surface area contributed by atoms with Crippen molar-refractivity contribution in [2.75, 3.05) is 13.1 Å². The van der Waals surface area contributed by atoms with Gasteiger partial charge < -0.3 is 9.84 Å². The van der Waals surface area contributed by atoms with Gasteiger partial charge in [0, 0.05) is 23.6 Å². The molecule has 2 saturated carbocycles. The molecule has 0 radical (unpaired) electrons. The van der Waals surface area contributed by atoms with Gasteiger partial charge in [-0.2, -0.15) is 0 Å². The minimum Gasteiger partial charge on any atom is -0.504 e. The summed E-state index contributed by atoms with van der Waals surface area (Å²) in [5.41, 5.74) is 3.30. The van der Waals surface area contributed by atoms with Crippen LogP contribution in [0.5, 0.6) is 11.5 Å². The van der Waals surface area contributed by atoms with Gasteiger partial charge in [0.25, 0.3) is 0 Å². The van der Waals surface area contributed by atoms with Crippen molar-refractivity contribution in [3.8, 4) is 11.5 Å². The fourth-order valence-electron chi connectivity index (χ4n) is 6.96. The Morgan fingerprint density at radius 2 is 2.12 bits per heavy atom. The van der Waals surface area contributed by atoms with Gasteiger partial charge in [0.2, 0.25) is 0 Å². The number of benzene rings is 1. The van der Waals surface area contributed by atoms with Crippen molar-refractivity contribution >= 4 is 0 Å². The number of nitrogens with zero attached hydrogens (tertiary/aromatic N) is 1. The molecule has 3 nitrogen and oxygen atoms in total. The van der Waals surface area contributed by atoms with Crippen molar-refractivity contribution in [1.82, 2.24) is 4.90 Å². The molecule has 1 saturated heterocycles. The average Bonchev–Trinajstić information content (AvgIpc) is 3.30. The summed E-state index contributed by atoms with van der Waals surface area (Å²) in [6, 6.07) is 4.70. The van der Waals surface area contributed by atoms with Crippen LogP contribution in [-0.4, -0.2) is 35.2 Å². The Kier molecular flexibility index (Phi) is 2.51. The van der Waals surface area contributed by atoms with E-state index in [1.54, 1.807) is 0 Å². The van der Waals surface area contributed by atoms with Gasteiger partial charge in [-0.05, 0) is 74.5 Å². The topological polar surface area (TPSA) is 32.7 Å². The molecule has 2 bridgehead atoms. The van der Waals surface area contributed by atoms with Crippen LogP contribution in [0.15, 0.2) is 12.1 Å². The Morgan fingerprint density at radius 1 is 1.25 bits per heavy atom. The molecule has 5 aliphatic rings. The lowest BCUT2D eigenvalue weighted by atomic mass is 9.44. The van der Waals surface area contributed by atoms with Crippen LogP contribution in [-0.2, 0) is 11.8 Å². The van der Waals surface area contributed by atoms with Crippen molar-refractivity contribution in [3.05, 3.63) is 23.3 Å². The largest absolute Gasteiger partial charge is 0.504 e. The maximum absolute atomic E-state index is 10.4. The number of aromatic hydroxyl groups is 1. The summed E-state index contributed by atoms with van der Waals surface area (Å²) in [6.45, 7) is 5.07. The molecule has 3 fully saturated rings. The van der Waals surface area contributed by atoms with E-state index in [9.17, 15) is 5.11 Å². The maximum atomic E-state index is 10.4. The van der Waals surface area contributed by atoms with E-state index in [0.717, 1.165) is 24.5 Å². The number of phenolic OH excluding ortho intramolecular Hbond substituents is 1. The molecule has 1 N–H and O–H groups in total. The molecule has 0 amide bonds. The van der Waals surface area contributed by atoms with E-state index in [0.29, 0.717) is 17.2 Å². The van der Waals surface area contributed by atoms with E-state index >= 15 is 0 Å². The van der Waals surface area contributed by atoms with E-state index in [4.69, 9.17) is 4.74 Å². The minimum atomic E-state index is 0.150. The van der Waals surface area contributed by atoms with Crippen LogP contribution in [0.25, 0.3) is 0 Å². The SMILES string of the molecule is C[C@@]12CCC[C@@H]3Oc4c(O)ccc5c4[C@@]31CCN(CC1CC1)C2C5. The molecule has 128 valence electrons. The molecule has 3 heteroatoms. The average molecular weight is 325 g/mol. The first-order chi connectivity index (χ1) is 11.6. The van der Waals surface area contributed by atoms with E-state index in [2.05, 4.69) is 17.9 Å². The third-order valence-electron chi connectivity index (χ3n) is 8.23. The Hall–Kier alpha value is -1.22. The van der Waals surface area contributed by atoms with Gasteiger partial charge in [0.1, 0.15) is 6.10 Å². The molecular formula is C21H27NO2. The molecule has 1 aromatic carbocycles. The Bertz CT molecular complexity index is 727. The summed E-state index contributed by atoms with van der Waals surface area (Å²) in [5, 5.41) is 10.4. The normalized spacial score (nSPS) is 42.5. The van der Waals surface area contributed by atoms with Gasteiger partial charge >= 0.3 is 0 Å². The summed E-state index contributed by atoms with van der Waals surface area (Å²) in [4.78, 5) is 2.83. The molecule has 1 spiro atoms. The zero-order valence-electron chi connectivity index (χ0n) is 14.6. The molecule has 1 aromatic rings. The van der Waals surface area contributed by atoms with Crippen LogP contribution in [0.4, 0.5) is 0 Å².